The fourth-order valence-electron chi connectivity index (χ4n) is 2.64. The molecule has 2 heterocycles. The standard InChI is InChI=1S/C21H17N3O2/c1-26-21(25)8-7-17-14-24-20(12-18(17)13-22)16-9-10-23-19(11-16)15-5-3-2-4-6-15/h2-6,9-12,14H,7-8H2,1H3. The summed E-state index contributed by atoms with van der Waals surface area (Å²) >= 11 is 0. The summed E-state index contributed by atoms with van der Waals surface area (Å²) in [5.41, 5.74) is 4.69. The maximum atomic E-state index is 11.3. The second-order valence-electron chi connectivity index (χ2n) is 5.71. The molecule has 5 nitrogen and oxygen atoms in total. The Morgan fingerprint density at radius 3 is 2.58 bits per heavy atom. The molecule has 5 heteroatoms. The number of carbonyl (C=O) groups excluding carboxylic acids is 1. The van der Waals surface area contributed by atoms with Gasteiger partial charge in [-0.3, -0.25) is 14.8 Å². The Labute approximate surface area is 151 Å². The molecule has 128 valence electrons. The van der Waals surface area contributed by atoms with Gasteiger partial charge in [0.25, 0.3) is 0 Å². The van der Waals surface area contributed by atoms with Crippen molar-refractivity contribution in [2.24, 2.45) is 0 Å². The number of hydrogen-bond acceptors (Lipinski definition) is 5. The van der Waals surface area contributed by atoms with Crippen molar-refractivity contribution in [1.29, 1.82) is 5.26 Å². The highest BCUT2D eigenvalue weighted by molar-refractivity contribution is 5.71. The molecule has 0 radical (unpaired) electrons. The third-order valence-electron chi connectivity index (χ3n) is 4.06. The Balaban J connectivity index is 1.90. The van der Waals surface area contributed by atoms with E-state index in [0.29, 0.717) is 17.7 Å². The van der Waals surface area contributed by atoms with Crippen LogP contribution in [0, 0.1) is 11.3 Å². The lowest BCUT2D eigenvalue weighted by Gasteiger charge is -2.08. The van der Waals surface area contributed by atoms with Crippen LogP contribution in [0.2, 0.25) is 0 Å². The number of esters is 1. The molecule has 0 atom stereocenters. The molecule has 0 saturated carbocycles. The zero-order chi connectivity index (χ0) is 18.4. The number of hydrogen-bond donors (Lipinski definition) is 0. The molecule has 0 N–H and O–H groups in total. The number of nitriles is 1. The Hall–Kier alpha value is -3.52. The number of aryl methyl sites for hydroxylation is 1. The van der Waals surface area contributed by atoms with Gasteiger partial charge in [-0.15, -0.1) is 0 Å². The molecule has 0 saturated heterocycles. The van der Waals surface area contributed by atoms with Gasteiger partial charge in [0, 0.05) is 29.9 Å². The molecular formula is C21H17N3O2. The van der Waals surface area contributed by atoms with Crippen molar-refractivity contribution in [3.05, 3.63) is 72.1 Å². The Bertz CT molecular complexity index is 962. The summed E-state index contributed by atoms with van der Waals surface area (Å²) in [7, 11) is 1.35. The van der Waals surface area contributed by atoms with Crippen LogP contribution >= 0.6 is 0 Å². The zero-order valence-corrected chi connectivity index (χ0v) is 14.3. The first kappa shape index (κ1) is 17.3. The SMILES string of the molecule is COC(=O)CCc1cnc(-c2ccnc(-c3ccccc3)c2)cc1C#N. The van der Waals surface area contributed by atoms with Crippen LogP contribution in [0.15, 0.2) is 60.9 Å². The lowest BCUT2D eigenvalue weighted by molar-refractivity contribution is -0.140. The lowest BCUT2D eigenvalue weighted by Crippen LogP contribution is -2.03. The van der Waals surface area contributed by atoms with Gasteiger partial charge in [0.1, 0.15) is 0 Å². The molecule has 1 aromatic carbocycles. The molecule has 2 aromatic heterocycles. The van der Waals surface area contributed by atoms with Crippen LogP contribution in [0.4, 0.5) is 0 Å². The summed E-state index contributed by atoms with van der Waals surface area (Å²) in [5, 5.41) is 9.44. The summed E-state index contributed by atoms with van der Waals surface area (Å²) in [4.78, 5) is 20.2. The molecule has 0 amide bonds. The number of pyridine rings is 2. The lowest BCUT2D eigenvalue weighted by atomic mass is 10.0. The summed E-state index contributed by atoms with van der Waals surface area (Å²) in [5.74, 6) is -0.306. The van der Waals surface area contributed by atoms with Crippen LogP contribution < -0.4 is 0 Å². The highest BCUT2D eigenvalue weighted by Gasteiger charge is 2.10. The molecule has 0 fully saturated rings. The zero-order valence-electron chi connectivity index (χ0n) is 14.3. The maximum absolute atomic E-state index is 11.3. The molecule has 0 aliphatic heterocycles. The highest BCUT2D eigenvalue weighted by Crippen LogP contribution is 2.24. The minimum absolute atomic E-state index is 0.222. The number of benzene rings is 1. The van der Waals surface area contributed by atoms with Crippen LogP contribution in [0.25, 0.3) is 22.5 Å². The number of carbonyl (C=O) groups is 1. The summed E-state index contributed by atoms with van der Waals surface area (Å²) in [6.45, 7) is 0. The van der Waals surface area contributed by atoms with Crippen molar-refractivity contribution in [3.63, 3.8) is 0 Å². The van der Waals surface area contributed by atoms with E-state index in [4.69, 9.17) is 0 Å². The third-order valence-corrected chi connectivity index (χ3v) is 4.06. The second-order valence-corrected chi connectivity index (χ2v) is 5.71. The molecule has 0 unspecified atom stereocenters. The number of methoxy groups -OCH3 is 1. The van der Waals surface area contributed by atoms with Crippen molar-refractivity contribution < 1.29 is 9.53 Å². The van der Waals surface area contributed by atoms with Gasteiger partial charge in [0.05, 0.1) is 30.1 Å². The van der Waals surface area contributed by atoms with E-state index in [2.05, 4.69) is 20.8 Å². The van der Waals surface area contributed by atoms with E-state index in [1.807, 2.05) is 42.5 Å². The molecular weight excluding hydrogens is 326 g/mol. The highest BCUT2D eigenvalue weighted by atomic mass is 16.5. The third kappa shape index (κ3) is 3.93. The summed E-state index contributed by atoms with van der Waals surface area (Å²) in [6, 6.07) is 17.6. The van der Waals surface area contributed by atoms with Crippen molar-refractivity contribution in [2.75, 3.05) is 7.11 Å². The van der Waals surface area contributed by atoms with Crippen LogP contribution in [0.3, 0.4) is 0 Å². The van der Waals surface area contributed by atoms with E-state index in [9.17, 15) is 10.1 Å². The Kier molecular flexibility index (Phi) is 5.35. The summed E-state index contributed by atoms with van der Waals surface area (Å²) in [6.07, 6.45) is 4.03. The molecule has 0 aliphatic carbocycles. The van der Waals surface area contributed by atoms with Gasteiger partial charge in [0.15, 0.2) is 0 Å². The number of aromatic nitrogens is 2. The van der Waals surface area contributed by atoms with Crippen LogP contribution in [0.5, 0.6) is 0 Å². The van der Waals surface area contributed by atoms with E-state index in [0.717, 1.165) is 22.4 Å². The minimum Gasteiger partial charge on any atom is -0.469 e. The van der Waals surface area contributed by atoms with Gasteiger partial charge in [-0.2, -0.15) is 5.26 Å². The van der Waals surface area contributed by atoms with Gasteiger partial charge in [-0.1, -0.05) is 30.3 Å². The Morgan fingerprint density at radius 2 is 1.85 bits per heavy atom. The summed E-state index contributed by atoms with van der Waals surface area (Å²) < 4.78 is 4.64. The van der Waals surface area contributed by atoms with Gasteiger partial charge in [-0.25, -0.2) is 0 Å². The van der Waals surface area contributed by atoms with E-state index in [1.54, 1.807) is 18.5 Å². The van der Waals surface area contributed by atoms with Crippen molar-refractivity contribution >= 4 is 5.97 Å². The first-order valence-corrected chi connectivity index (χ1v) is 8.19. The fourth-order valence-corrected chi connectivity index (χ4v) is 2.64. The van der Waals surface area contributed by atoms with Crippen LogP contribution in [-0.2, 0) is 16.0 Å². The Morgan fingerprint density at radius 1 is 1.08 bits per heavy atom. The number of ether oxygens (including phenoxy) is 1. The van der Waals surface area contributed by atoms with Crippen molar-refractivity contribution in [1.82, 2.24) is 9.97 Å². The smallest absolute Gasteiger partial charge is 0.305 e. The molecule has 26 heavy (non-hydrogen) atoms. The predicted octanol–water partition coefficient (Wildman–Crippen LogP) is 3.79. The van der Waals surface area contributed by atoms with Gasteiger partial charge < -0.3 is 4.74 Å². The van der Waals surface area contributed by atoms with E-state index < -0.39 is 0 Å². The van der Waals surface area contributed by atoms with Crippen molar-refractivity contribution in [3.8, 4) is 28.6 Å². The maximum Gasteiger partial charge on any atom is 0.305 e. The fraction of sp³-hybridized carbons (Fsp3) is 0.143. The molecule has 3 aromatic rings. The van der Waals surface area contributed by atoms with Crippen molar-refractivity contribution in [2.45, 2.75) is 12.8 Å². The topological polar surface area (TPSA) is 75.9 Å². The average Bonchev–Trinajstić information content (AvgIpc) is 2.72. The van der Waals surface area contributed by atoms with E-state index in [1.165, 1.54) is 7.11 Å². The average molecular weight is 343 g/mol. The second kappa shape index (κ2) is 8.04. The van der Waals surface area contributed by atoms with Crippen LogP contribution in [-0.4, -0.2) is 23.0 Å². The van der Waals surface area contributed by atoms with Gasteiger partial charge in [0.2, 0.25) is 0 Å². The van der Waals surface area contributed by atoms with Crippen LogP contribution in [0.1, 0.15) is 17.5 Å². The largest absolute Gasteiger partial charge is 0.469 e. The number of rotatable bonds is 5. The minimum atomic E-state index is -0.306. The van der Waals surface area contributed by atoms with Gasteiger partial charge >= 0.3 is 5.97 Å². The molecule has 0 aliphatic rings. The molecule has 3 rings (SSSR count). The predicted molar refractivity (Wildman–Crippen MR) is 98.0 cm³/mol. The first-order chi connectivity index (χ1) is 12.7. The van der Waals surface area contributed by atoms with E-state index in [-0.39, 0.29) is 12.4 Å². The molecule has 0 bridgehead atoms. The quantitative estimate of drug-likeness (QED) is 0.659. The monoisotopic (exact) mass is 343 g/mol. The van der Waals surface area contributed by atoms with Gasteiger partial charge in [-0.05, 0) is 30.2 Å². The number of nitrogens with zero attached hydrogens (tertiary/aromatic N) is 3. The molecule has 0 spiro atoms. The van der Waals surface area contributed by atoms with E-state index >= 15 is 0 Å². The first-order valence-electron chi connectivity index (χ1n) is 8.19. The normalized spacial score (nSPS) is 10.2.